The summed E-state index contributed by atoms with van der Waals surface area (Å²) >= 11 is 1.74. The van der Waals surface area contributed by atoms with E-state index in [1.165, 1.54) is 4.70 Å². The molecule has 2 nitrogen and oxygen atoms in total. The van der Waals surface area contributed by atoms with Gasteiger partial charge in [0.05, 0.1) is 10.2 Å². The van der Waals surface area contributed by atoms with Crippen LogP contribution in [0.25, 0.3) is 26.5 Å². The standard InChI is InChI=1S/C17H12N2S/c1-2-9-16-15(8-1)18-17(20-16)13-6-5-7-14(12-13)19-10-3-4-11-19/h1-12H. The normalized spacial score (nSPS) is 11.0. The number of benzene rings is 2. The molecule has 4 aromatic rings. The molecule has 0 saturated carbocycles. The number of rotatable bonds is 2. The van der Waals surface area contributed by atoms with Crippen molar-refractivity contribution in [2.75, 3.05) is 0 Å². The quantitative estimate of drug-likeness (QED) is 0.516. The van der Waals surface area contributed by atoms with Crippen molar-refractivity contribution in [1.82, 2.24) is 9.55 Å². The summed E-state index contributed by atoms with van der Waals surface area (Å²) in [5, 5.41) is 1.07. The Morgan fingerprint density at radius 3 is 2.55 bits per heavy atom. The maximum atomic E-state index is 4.71. The van der Waals surface area contributed by atoms with Crippen molar-refractivity contribution in [1.29, 1.82) is 0 Å². The largest absolute Gasteiger partial charge is 0.324 e. The predicted octanol–water partition coefficient (Wildman–Crippen LogP) is 4.75. The SMILES string of the molecule is c1cc(-c2nc3ccccc3s2)cc(-n2cccc2)c1. The van der Waals surface area contributed by atoms with Crippen LogP contribution in [-0.4, -0.2) is 9.55 Å². The molecular formula is C17H12N2S. The lowest BCUT2D eigenvalue weighted by Crippen LogP contribution is -1.89. The molecular weight excluding hydrogens is 264 g/mol. The molecule has 0 spiro atoms. The van der Waals surface area contributed by atoms with Crippen LogP contribution >= 0.6 is 11.3 Å². The summed E-state index contributed by atoms with van der Waals surface area (Å²) in [6, 6.07) is 20.8. The molecule has 4 rings (SSSR count). The average molecular weight is 276 g/mol. The Hall–Kier alpha value is -2.39. The molecule has 0 atom stereocenters. The lowest BCUT2D eigenvalue weighted by molar-refractivity contribution is 1.08. The van der Waals surface area contributed by atoms with E-state index in [2.05, 4.69) is 59.4 Å². The Bertz CT molecular complexity index is 826. The highest BCUT2D eigenvalue weighted by Crippen LogP contribution is 2.30. The second-order valence-corrected chi connectivity index (χ2v) is 5.66. The first-order chi connectivity index (χ1) is 9.90. The van der Waals surface area contributed by atoms with Crippen LogP contribution in [0.1, 0.15) is 0 Å². The monoisotopic (exact) mass is 276 g/mol. The molecule has 2 heterocycles. The van der Waals surface area contributed by atoms with Crippen molar-refractivity contribution in [3.63, 3.8) is 0 Å². The van der Waals surface area contributed by atoms with Gasteiger partial charge in [-0.3, -0.25) is 0 Å². The zero-order chi connectivity index (χ0) is 13.4. The van der Waals surface area contributed by atoms with Crippen LogP contribution < -0.4 is 0 Å². The molecule has 0 saturated heterocycles. The van der Waals surface area contributed by atoms with E-state index in [1.807, 2.05) is 18.2 Å². The molecule has 0 unspecified atom stereocenters. The average Bonchev–Trinajstić information content (AvgIpc) is 3.16. The van der Waals surface area contributed by atoms with Crippen LogP contribution in [0, 0.1) is 0 Å². The minimum atomic E-state index is 1.07. The molecule has 0 amide bonds. The second kappa shape index (κ2) is 4.62. The zero-order valence-corrected chi connectivity index (χ0v) is 11.5. The second-order valence-electron chi connectivity index (χ2n) is 4.63. The first-order valence-electron chi connectivity index (χ1n) is 6.49. The first kappa shape index (κ1) is 11.4. The summed E-state index contributed by atoms with van der Waals surface area (Å²) in [5.41, 5.74) is 3.39. The van der Waals surface area contributed by atoms with Gasteiger partial charge < -0.3 is 4.57 Å². The lowest BCUT2D eigenvalue weighted by Gasteiger charge is -2.04. The Morgan fingerprint density at radius 1 is 0.850 bits per heavy atom. The maximum Gasteiger partial charge on any atom is 0.124 e. The van der Waals surface area contributed by atoms with Crippen molar-refractivity contribution in [2.45, 2.75) is 0 Å². The van der Waals surface area contributed by atoms with E-state index in [-0.39, 0.29) is 0 Å². The molecule has 20 heavy (non-hydrogen) atoms. The number of hydrogen-bond donors (Lipinski definition) is 0. The van der Waals surface area contributed by atoms with Gasteiger partial charge in [-0.05, 0) is 36.4 Å². The molecule has 2 aromatic heterocycles. The number of aromatic nitrogens is 2. The highest BCUT2D eigenvalue weighted by molar-refractivity contribution is 7.21. The highest BCUT2D eigenvalue weighted by Gasteiger charge is 2.06. The Kier molecular flexibility index (Phi) is 2.64. The number of thiazole rings is 1. The van der Waals surface area contributed by atoms with Crippen molar-refractivity contribution < 1.29 is 0 Å². The third-order valence-corrected chi connectivity index (χ3v) is 4.38. The van der Waals surface area contributed by atoms with Crippen molar-refractivity contribution in [3.8, 4) is 16.3 Å². The van der Waals surface area contributed by atoms with E-state index in [4.69, 9.17) is 4.98 Å². The minimum absolute atomic E-state index is 1.07. The lowest BCUT2D eigenvalue weighted by atomic mass is 10.2. The van der Waals surface area contributed by atoms with Crippen LogP contribution in [0.2, 0.25) is 0 Å². The van der Waals surface area contributed by atoms with Crippen molar-refractivity contribution >= 4 is 21.6 Å². The predicted molar refractivity (Wildman–Crippen MR) is 84.4 cm³/mol. The van der Waals surface area contributed by atoms with Crippen LogP contribution in [-0.2, 0) is 0 Å². The molecule has 0 fully saturated rings. The van der Waals surface area contributed by atoms with Gasteiger partial charge in [0.2, 0.25) is 0 Å². The van der Waals surface area contributed by atoms with E-state index in [0.29, 0.717) is 0 Å². The van der Waals surface area contributed by atoms with Gasteiger partial charge >= 0.3 is 0 Å². The van der Waals surface area contributed by atoms with E-state index in [1.54, 1.807) is 11.3 Å². The smallest absolute Gasteiger partial charge is 0.124 e. The summed E-state index contributed by atoms with van der Waals surface area (Å²) < 4.78 is 3.34. The Balaban J connectivity index is 1.84. The zero-order valence-electron chi connectivity index (χ0n) is 10.7. The van der Waals surface area contributed by atoms with Crippen LogP contribution in [0.15, 0.2) is 73.1 Å². The molecule has 0 aliphatic carbocycles. The van der Waals surface area contributed by atoms with E-state index in [0.717, 1.165) is 21.8 Å². The summed E-state index contributed by atoms with van der Waals surface area (Å²) in [5.74, 6) is 0. The Labute approximate surface area is 121 Å². The third kappa shape index (κ3) is 1.92. The minimum Gasteiger partial charge on any atom is -0.324 e. The Morgan fingerprint density at radius 2 is 1.70 bits per heavy atom. The van der Waals surface area contributed by atoms with Gasteiger partial charge in [0.15, 0.2) is 0 Å². The maximum absolute atomic E-state index is 4.71. The molecule has 0 aliphatic heterocycles. The van der Waals surface area contributed by atoms with Gasteiger partial charge in [-0.1, -0.05) is 24.3 Å². The molecule has 0 radical (unpaired) electrons. The first-order valence-corrected chi connectivity index (χ1v) is 7.31. The fourth-order valence-corrected chi connectivity index (χ4v) is 3.26. The van der Waals surface area contributed by atoms with Gasteiger partial charge in [0, 0.05) is 23.6 Å². The highest BCUT2D eigenvalue weighted by atomic mass is 32.1. The van der Waals surface area contributed by atoms with Gasteiger partial charge in [0.1, 0.15) is 5.01 Å². The molecule has 0 aliphatic rings. The summed E-state index contributed by atoms with van der Waals surface area (Å²) in [4.78, 5) is 4.71. The molecule has 3 heteroatoms. The topological polar surface area (TPSA) is 17.8 Å². The fraction of sp³-hybridized carbons (Fsp3) is 0. The molecule has 0 N–H and O–H groups in total. The number of fused-ring (bicyclic) bond motifs is 1. The van der Waals surface area contributed by atoms with Gasteiger partial charge in [-0.15, -0.1) is 11.3 Å². The molecule has 96 valence electrons. The summed E-state index contributed by atoms with van der Waals surface area (Å²) in [6.07, 6.45) is 4.11. The van der Waals surface area contributed by atoms with E-state index < -0.39 is 0 Å². The van der Waals surface area contributed by atoms with Gasteiger partial charge in [-0.25, -0.2) is 4.98 Å². The van der Waals surface area contributed by atoms with E-state index >= 15 is 0 Å². The number of para-hydroxylation sites is 1. The van der Waals surface area contributed by atoms with Gasteiger partial charge in [0.25, 0.3) is 0 Å². The van der Waals surface area contributed by atoms with Crippen LogP contribution in [0.5, 0.6) is 0 Å². The molecule has 0 bridgehead atoms. The van der Waals surface area contributed by atoms with E-state index in [9.17, 15) is 0 Å². The summed E-state index contributed by atoms with van der Waals surface area (Å²) in [6.45, 7) is 0. The molecule has 2 aromatic carbocycles. The van der Waals surface area contributed by atoms with Crippen molar-refractivity contribution in [2.24, 2.45) is 0 Å². The van der Waals surface area contributed by atoms with Gasteiger partial charge in [-0.2, -0.15) is 0 Å². The number of hydrogen-bond acceptors (Lipinski definition) is 2. The third-order valence-electron chi connectivity index (χ3n) is 3.29. The van der Waals surface area contributed by atoms with Crippen LogP contribution in [0.4, 0.5) is 0 Å². The summed E-state index contributed by atoms with van der Waals surface area (Å²) in [7, 11) is 0. The fourth-order valence-electron chi connectivity index (χ4n) is 2.30. The van der Waals surface area contributed by atoms with Crippen LogP contribution in [0.3, 0.4) is 0 Å². The number of nitrogens with zero attached hydrogens (tertiary/aromatic N) is 2. The van der Waals surface area contributed by atoms with Crippen molar-refractivity contribution in [3.05, 3.63) is 73.1 Å².